The van der Waals surface area contributed by atoms with Crippen LogP contribution >= 0.6 is 12.6 Å². The molecule has 0 aliphatic rings. The fourth-order valence-corrected chi connectivity index (χ4v) is 2.66. The molecule has 0 rings (SSSR count). The largest absolute Gasteiger partial charge is 0.480 e. The lowest BCUT2D eigenvalue weighted by molar-refractivity contribution is -0.143. The third-order valence-corrected chi connectivity index (χ3v) is 4.71. The molecule has 0 aliphatic heterocycles. The normalized spacial score (nSPS) is 16.4. The first-order valence-corrected chi connectivity index (χ1v) is 10.1. The fraction of sp³-hybridized carbons (Fsp3) is 0.778. The summed E-state index contributed by atoms with van der Waals surface area (Å²) in [5, 5.41) is 16.9. The number of carbonyl (C=O) groups excluding carboxylic acids is 3. The first kappa shape index (κ1) is 26.2. The molecule has 3 amide bonds. The molecule has 0 aromatic carbocycles. The van der Waals surface area contributed by atoms with Crippen LogP contribution < -0.4 is 21.7 Å². The van der Waals surface area contributed by atoms with Gasteiger partial charge in [0.15, 0.2) is 0 Å². The van der Waals surface area contributed by atoms with Crippen LogP contribution in [0.3, 0.4) is 0 Å². The van der Waals surface area contributed by atoms with Gasteiger partial charge in [0.1, 0.15) is 18.1 Å². The molecule has 0 radical (unpaired) electrons. The lowest BCUT2D eigenvalue weighted by atomic mass is 9.96. The predicted molar refractivity (Wildman–Crippen MR) is 110 cm³/mol. The first-order valence-electron chi connectivity index (χ1n) is 9.44. The van der Waals surface area contributed by atoms with Crippen LogP contribution in [0.2, 0.25) is 0 Å². The van der Waals surface area contributed by atoms with E-state index in [1.807, 2.05) is 20.8 Å². The topological polar surface area (TPSA) is 151 Å². The third kappa shape index (κ3) is 8.92. The molecular weight excluding hydrogens is 384 g/mol. The van der Waals surface area contributed by atoms with Crippen LogP contribution in [0.4, 0.5) is 0 Å². The van der Waals surface area contributed by atoms with Crippen molar-refractivity contribution in [1.82, 2.24) is 16.0 Å². The number of carboxylic acids is 1. The molecule has 0 saturated heterocycles. The van der Waals surface area contributed by atoms with Gasteiger partial charge in [-0.25, -0.2) is 4.79 Å². The maximum atomic E-state index is 12.7. The summed E-state index contributed by atoms with van der Waals surface area (Å²) in [6.07, 6.45) is 0.851. The van der Waals surface area contributed by atoms with Crippen LogP contribution in [0.5, 0.6) is 0 Å². The average molecular weight is 419 g/mol. The number of nitrogens with one attached hydrogen (secondary N) is 3. The number of thiol groups is 1. The molecule has 0 aromatic rings. The number of amides is 3. The van der Waals surface area contributed by atoms with Crippen LogP contribution in [-0.4, -0.2) is 58.7 Å². The van der Waals surface area contributed by atoms with Crippen molar-refractivity contribution in [3.05, 3.63) is 0 Å². The van der Waals surface area contributed by atoms with Gasteiger partial charge in [0, 0.05) is 5.75 Å². The van der Waals surface area contributed by atoms with Crippen LogP contribution in [0.25, 0.3) is 0 Å². The standard InChI is InChI=1S/C18H34N4O5S/c1-6-10(4)14(17(25)20-12(18(26)27)7-9(2)3)22-16(24)13(8-28)21-15(23)11(5)19/h9-14,28H,6-8,19H2,1-5H3,(H,20,25)(H,21,23)(H,22,24)(H,26,27). The summed E-state index contributed by atoms with van der Waals surface area (Å²) in [6, 6.07) is -3.75. The number of rotatable bonds is 12. The van der Waals surface area contributed by atoms with Crippen molar-refractivity contribution in [3.63, 3.8) is 0 Å². The second kappa shape index (κ2) is 12.6. The highest BCUT2D eigenvalue weighted by atomic mass is 32.1. The SMILES string of the molecule is CCC(C)C(NC(=O)C(CS)NC(=O)C(C)N)C(=O)NC(CC(C)C)C(=O)O. The van der Waals surface area contributed by atoms with Crippen LogP contribution in [0.15, 0.2) is 0 Å². The number of carbonyl (C=O) groups is 4. The van der Waals surface area contributed by atoms with E-state index in [-0.39, 0.29) is 24.0 Å². The van der Waals surface area contributed by atoms with Crippen molar-refractivity contribution in [3.8, 4) is 0 Å². The van der Waals surface area contributed by atoms with E-state index in [2.05, 4.69) is 28.6 Å². The smallest absolute Gasteiger partial charge is 0.326 e. The van der Waals surface area contributed by atoms with Crippen molar-refractivity contribution >= 4 is 36.3 Å². The van der Waals surface area contributed by atoms with E-state index >= 15 is 0 Å². The van der Waals surface area contributed by atoms with Gasteiger partial charge in [-0.2, -0.15) is 12.6 Å². The van der Waals surface area contributed by atoms with Crippen LogP contribution in [0.1, 0.15) is 47.5 Å². The Labute approximate surface area is 172 Å². The van der Waals surface area contributed by atoms with E-state index in [0.29, 0.717) is 6.42 Å². The minimum absolute atomic E-state index is 0.0181. The molecule has 0 fully saturated rings. The maximum absolute atomic E-state index is 12.7. The first-order chi connectivity index (χ1) is 12.9. The van der Waals surface area contributed by atoms with E-state index in [9.17, 15) is 24.3 Å². The Hall–Kier alpha value is -1.81. The number of hydrogen-bond donors (Lipinski definition) is 6. The molecule has 6 N–H and O–H groups in total. The molecule has 0 heterocycles. The zero-order valence-electron chi connectivity index (χ0n) is 17.2. The minimum Gasteiger partial charge on any atom is -0.480 e. The zero-order valence-corrected chi connectivity index (χ0v) is 18.1. The van der Waals surface area contributed by atoms with Crippen LogP contribution in [0, 0.1) is 11.8 Å². The van der Waals surface area contributed by atoms with Gasteiger partial charge in [0.05, 0.1) is 6.04 Å². The summed E-state index contributed by atoms with van der Waals surface area (Å²) in [4.78, 5) is 48.4. The maximum Gasteiger partial charge on any atom is 0.326 e. The molecule has 0 saturated carbocycles. The Morgan fingerprint density at radius 3 is 1.86 bits per heavy atom. The summed E-state index contributed by atoms with van der Waals surface area (Å²) < 4.78 is 0. The molecule has 5 unspecified atom stereocenters. The number of carboxylic acid groups (broad SMARTS) is 1. The van der Waals surface area contributed by atoms with Crippen LogP contribution in [-0.2, 0) is 19.2 Å². The van der Waals surface area contributed by atoms with Gasteiger partial charge in [-0.15, -0.1) is 0 Å². The Bertz CT molecular complexity index is 556. The highest BCUT2D eigenvalue weighted by Crippen LogP contribution is 2.11. The summed E-state index contributed by atoms with van der Waals surface area (Å²) in [7, 11) is 0. The number of nitrogens with two attached hydrogens (primary N) is 1. The van der Waals surface area contributed by atoms with Gasteiger partial charge in [-0.05, 0) is 25.2 Å². The Morgan fingerprint density at radius 1 is 0.929 bits per heavy atom. The fourth-order valence-electron chi connectivity index (χ4n) is 2.41. The molecule has 0 aliphatic carbocycles. The predicted octanol–water partition coefficient (Wildman–Crippen LogP) is -0.105. The summed E-state index contributed by atoms with van der Waals surface area (Å²) in [6.45, 7) is 8.83. The molecule has 0 aromatic heterocycles. The number of aliphatic carboxylic acids is 1. The molecule has 162 valence electrons. The molecule has 9 nitrogen and oxygen atoms in total. The minimum atomic E-state index is -1.13. The summed E-state index contributed by atoms with van der Waals surface area (Å²) in [5.41, 5.74) is 5.49. The van der Waals surface area contributed by atoms with E-state index in [1.165, 1.54) is 6.92 Å². The van der Waals surface area contributed by atoms with E-state index in [4.69, 9.17) is 5.73 Å². The van der Waals surface area contributed by atoms with E-state index in [1.54, 1.807) is 6.92 Å². The third-order valence-electron chi connectivity index (χ3n) is 4.34. The van der Waals surface area contributed by atoms with Gasteiger partial charge in [-0.3, -0.25) is 14.4 Å². The molecule has 0 bridgehead atoms. The van der Waals surface area contributed by atoms with Crippen molar-refractivity contribution in [2.24, 2.45) is 17.6 Å². The highest BCUT2D eigenvalue weighted by molar-refractivity contribution is 7.80. The van der Waals surface area contributed by atoms with Gasteiger partial charge in [0.25, 0.3) is 0 Å². The quantitative estimate of drug-likeness (QED) is 0.244. The van der Waals surface area contributed by atoms with Gasteiger partial charge < -0.3 is 26.8 Å². The Morgan fingerprint density at radius 2 is 1.46 bits per heavy atom. The average Bonchev–Trinajstić information content (AvgIpc) is 2.61. The van der Waals surface area contributed by atoms with Gasteiger partial charge in [0.2, 0.25) is 17.7 Å². The zero-order chi connectivity index (χ0) is 22.0. The Kier molecular flexibility index (Phi) is 11.8. The molecular formula is C18H34N4O5S. The monoisotopic (exact) mass is 418 g/mol. The van der Waals surface area contributed by atoms with Gasteiger partial charge >= 0.3 is 5.97 Å². The lowest BCUT2D eigenvalue weighted by Gasteiger charge is -2.28. The summed E-state index contributed by atoms with van der Waals surface area (Å²) in [5.74, 6) is -2.96. The molecule has 28 heavy (non-hydrogen) atoms. The Balaban J connectivity index is 5.29. The second-order valence-corrected chi connectivity index (χ2v) is 7.80. The van der Waals surface area contributed by atoms with E-state index in [0.717, 1.165) is 0 Å². The second-order valence-electron chi connectivity index (χ2n) is 7.43. The lowest BCUT2D eigenvalue weighted by Crippen LogP contribution is -2.59. The van der Waals surface area contributed by atoms with E-state index < -0.39 is 47.9 Å². The van der Waals surface area contributed by atoms with Crippen molar-refractivity contribution in [2.75, 3.05) is 5.75 Å². The number of hydrogen-bond acceptors (Lipinski definition) is 6. The van der Waals surface area contributed by atoms with Crippen molar-refractivity contribution < 1.29 is 24.3 Å². The molecule has 5 atom stereocenters. The highest BCUT2D eigenvalue weighted by Gasteiger charge is 2.32. The van der Waals surface area contributed by atoms with Gasteiger partial charge in [-0.1, -0.05) is 34.1 Å². The van der Waals surface area contributed by atoms with Crippen molar-refractivity contribution in [1.29, 1.82) is 0 Å². The molecule has 0 spiro atoms. The molecule has 10 heteroatoms. The van der Waals surface area contributed by atoms with Crippen molar-refractivity contribution in [2.45, 2.75) is 71.6 Å². The summed E-state index contributed by atoms with van der Waals surface area (Å²) >= 11 is 4.07.